The number of hydrogen-bond donors (Lipinski definition) is 0. The number of carbonyl (C=O) groups is 3. The van der Waals surface area contributed by atoms with Gasteiger partial charge in [-0.3, -0.25) is 4.79 Å². The molecule has 0 N–H and O–H groups in total. The summed E-state index contributed by atoms with van der Waals surface area (Å²) in [5.74, 6) is -0.971. The molecular weight excluding hydrogens is 468 g/mol. The highest BCUT2D eigenvalue weighted by Crippen LogP contribution is 2.37. The highest BCUT2D eigenvalue weighted by atomic mass is 16.6. The van der Waals surface area contributed by atoms with Gasteiger partial charge < -0.3 is 14.2 Å². The molecule has 1 saturated carbocycles. The first-order valence-electron chi connectivity index (χ1n) is 15.0. The topological polar surface area (TPSA) is 78.9 Å². The molecule has 0 radical (unpaired) electrons. The van der Waals surface area contributed by atoms with Crippen molar-refractivity contribution in [3.8, 4) is 0 Å². The van der Waals surface area contributed by atoms with Crippen LogP contribution in [0.25, 0.3) is 0 Å². The first kappa shape index (κ1) is 33.2. The quantitative estimate of drug-likeness (QED) is 0.0660. The van der Waals surface area contributed by atoms with E-state index in [0.717, 1.165) is 44.6 Å². The highest BCUT2D eigenvalue weighted by molar-refractivity contribution is 5.88. The Morgan fingerprint density at radius 3 is 1.86 bits per heavy atom. The summed E-state index contributed by atoms with van der Waals surface area (Å²) in [6.07, 6.45) is 18.9. The second kappa shape index (κ2) is 20.2. The van der Waals surface area contributed by atoms with Crippen LogP contribution in [0.3, 0.4) is 0 Å². The van der Waals surface area contributed by atoms with Crippen LogP contribution >= 0.6 is 0 Å². The van der Waals surface area contributed by atoms with Crippen molar-refractivity contribution in [3.63, 3.8) is 0 Å². The fourth-order valence-electron chi connectivity index (χ4n) is 4.91. The van der Waals surface area contributed by atoms with Crippen LogP contribution in [0.2, 0.25) is 0 Å². The van der Waals surface area contributed by atoms with Gasteiger partial charge in [-0.25, -0.2) is 9.59 Å². The van der Waals surface area contributed by atoms with E-state index in [2.05, 4.69) is 27.4 Å². The van der Waals surface area contributed by atoms with Gasteiger partial charge in [0.2, 0.25) is 5.60 Å². The molecule has 0 unspecified atom stereocenters. The predicted molar refractivity (Wildman–Crippen MR) is 148 cm³/mol. The summed E-state index contributed by atoms with van der Waals surface area (Å²) in [6, 6.07) is 0. The summed E-state index contributed by atoms with van der Waals surface area (Å²) in [5.41, 5.74) is -1.34. The molecule has 0 atom stereocenters. The van der Waals surface area contributed by atoms with Gasteiger partial charge in [0.1, 0.15) is 0 Å². The van der Waals surface area contributed by atoms with Crippen molar-refractivity contribution < 1.29 is 28.6 Å². The Hall–Kier alpha value is -1.85. The minimum Gasteiger partial charge on any atom is -0.465 e. The summed E-state index contributed by atoms with van der Waals surface area (Å²) in [4.78, 5) is 37.5. The normalized spacial score (nSPS) is 19.4. The second-order valence-corrected chi connectivity index (χ2v) is 11.1. The van der Waals surface area contributed by atoms with E-state index < -0.39 is 17.5 Å². The Morgan fingerprint density at radius 2 is 1.32 bits per heavy atom. The van der Waals surface area contributed by atoms with Crippen molar-refractivity contribution in [2.75, 3.05) is 13.2 Å². The maximum atomic E-state index is 12.9. The van der Waals surface area contributed by atoms with Gasteiger partial charge in [0.15, 0.2) is 0 Å². The van der Waals surface area contributed by atoms with Crippen LogP contribution in [0.15, 0.2) is 12.7 Å². The van der Waals surface area contributed by atoms with Crippen LogP contribution in [-0.2, 0) is 28.6 Å². The molecule has 214 valence electrons. The van der Waals surface area contributed by atoms with Gasteiger partial charge in [0.25, 0.3) is 0 Å². The molecule has 0 aromatic rings. The first-order chi connectivity index (χ1) is 17.8. The Labute approximate surface area is 226 Å². The molecule has 1 aliphatic carbocycles. The van der Waals surface area contributed by atoms with Crippen molar-refractivity contribution in [2.45, 2.75) is 142 Å². The molecular formula is C31H54O6. The standard InChI is InChI=1S/C31H54O6/c1-5-7-8-9-10-11-12-13-14-17-24-35-29(33)27-20-22-31(23-21-27,37-28(32)6-2)30(34)36-25-18-15-16-19-26(3)4/h6,26-27H,2,5,7-25H2,1,3-4H3. The van der Waals surface area contributed by atoms with Gasteiger partial charge in [-0.05, 0) is 44.4 Å². The van der Waals surface area contributed by atoms with Crippen molar-refractivity contribution in [1.82, 2.24) is 0 Å². The number of unbranched alkanes of at least 4 members (excludes halogenated alkanes) is 11. The van der Waals surface area contributed by atoms with Crippen molar-refractivity contribution in [1.29, 1.82) is 0 Å². The van der Waals surface area contributed by atoms with Crippen LogP contribution in [0.1, 0.15) is 136 Å². The molecule has 1 rings (SSSR count). The fraction of sp³-hybridized carbons (Fsp3) is 0.839. The lowest BCUT2D eigenvalue weighted by Gasteiger charge is -2.36. The summed E-state index contributed by atoms with van der Waals surface area (Å²) in [7, 11) is 0. The van der Waals surface area contributed by atoms with Crippen molar-refractivity contribution in [2.24, 2.45) is 11.8 Å². The zero-order chi connectivity index (χ0) is 27.4. The molecule has 0 bridgehead atoms. The largest absolute Gasteiger partial charge is 0.465 e. The molecule has 0 heterocycles. The van der Waals surface area contributed by atoms with Crippen LogP contribution in [0.5, 0.6) is 0 Å². The van der Waals surface area contributed by atoms with Crippen LogP contribution in [0, 0.1) is 11.8 Å². The average molecular weight is 523 g/mol. The number of rotatable bonds is 21. The lowest BCUT2D eigenvalue weighted by molar-refractivity contribution is -0.186. The molecule has 0 aliphatic heterocycles. The second-order valence-electron chi connectivity index (χ2n) is 11.1. The van der Waals surface area contributed by atoms with Crippen LogP contribution in [-0.4, -0.2) is 36.7 Å². The molecule has 37 heavy (non-hydrogen) atoms. The number of carbonyl (C=O) groups excluding carboxylic acids is 3. The van der Waals surface area contributed by atoms with Gasteiger partial charge >= 0.3 is 17.9 Å². The molecule has 6 heteroatoms. The Kier molecular flexibility index (Phi) is 18.1. The average Bonchev–Trinajstić information content (AvgIpc) is 2.89. The van der Waals surface area contributed by atoms with E-state index in [9.17, 15) is 14.4 Å². The van der Waals surface area contributed by atoms with Crippen LogP contribution in [0.4, 0.5) is 0 Å². The molecule has 0 saturated heterocycles. The summed E-state index contributed by atoms with van der Waals surface area (Å²) < 4.78 is 16.6. The van der Waals surface area contributed by atoms with Gasteiger partial charge in [-0.15, -0.1) is 0 Å². The summed E-state index contributed by atoms with van der Waals surface area (Å²) in [6.45, 7) is 10.8. The third kappa shape index (κ3) is 14.6. The van der Waals surface area contributed by atoms with E-state index >= 15 is 0 Å². The van der Waals surface area contributed by atoms with E-state index in [1.54, 1.807) is 0 Å². The Balaban J connectivity index is 2.32. The fourth-order valence-corrected chi connectivity index (χ4v) is 4.91. The summed E-state index contributed by atoms with van der Waals surface area (Å²) >= 11 is 0. The Morgan fingerprint density at radius 1 is 0.811 bits per heavy atom. The first-order valence-corrected chi connectivity index (χ1v) is 15.0. The lowest BCUT2D eigenvalue weighted by atomic mass is 9.78. The van der Waals surface area contributed by atoms with Gasteiger partial charge in [0.05, 0.1) is 19.1 Å². The van der Waals surface area contributed by atoms with Gasteiger partial charge in [-0.2, -0.15) is 0 Å². The molecule has 0 amide bonds. The Bertz CT molecular complexity index is 648. The number of ether oxygens (including phenoxy) is 3. The van der Waals surface area contributed by atoms with E-state index in [4.69, 9.17) is 14.2 Å². The molecule has 1 aliphatic rings. The summed E-state index contributed by atoms with van der Waals surface area (Å²) in [5, 5.41) is 0. The van der Waals surface area contributed by atoms with Crippen molar-refractivity contribution in [3.05, 3.63) is 12.7 Å². The van der Waals surface area contributed by atoms with E-state index in [1.165, 1.54) is 51.4 Å². The highest BCUT2D eigenvalue weighted by Gasteiger charge is 2.48. The zero-order valence-electron chi connectivity index (χ0n) is 24.0. The monoisotopic (exact) mass is 522 g/mol. The third-order valence-electron chi connectivity index (χ3n) is 7.36. The van der Waals surface area contributed by atoms with E-state index in [0.29, 0.717) is 32.0 Å². The van der Waals surface area contributed by atoms with Crippen LogP contribution < -0.4 is 0 Å². The maximum absolute atomic E-state index is 12.9. The van der Waals surface area contributed by atoms with Gasteiger partial charge in [0, 0.05) is 6.08 Å². The molecule has 6 nitrogen and oxygen atoms in total. The van der Waals surface area contributed by atoms with Gasteiger partial charge in [-0.1, -0.05) is 104 Å². The molecule has 0 aromatic heterocycles. The van der Waals surface area contributed by atoms with E-state index in [1.807, 2.05) is 0 Å². The number of hydrogen-bond acceptors (Lipinski definition) is 6. The number of esters is 3. The lowest BCUT2D eigenvalue weighted by Crippen LogP contribution is -2.48. The van der Waals surface area contributed by atoms with E-state index in [-0.39, 0.29) is 24.7 Å². The molecule has 0 spiro atoms. The SMILES string of the molecule is C=CC(=O)OC1(C(=O)OCCCCCC(C)C)CCC(C(=O)OCCCCCCCCCCCC)CC1. The van der Waals surface area contributed by atoms with Crippen molar-refractivity contribution >= 4 is 17.9 Å². The molecule has 1 fully saturated rings. The molecule has 0 aromatic carbocycles. The maximum Gasteiger partial charge on any atom is 0.350 e. The third-order valence-corrected chi connectivity index (χ3v) is 7.36. The minimum atomic E-state index is -1.34. The minimum absolute atomic E-state index is 0.210. The smallest absolute Gasteiger partial charge is 0.350 e. The zero-order valence-corrected chi connectivity index (χ0v) is 24.0. The predicted octanol–water partition coefficient (Wildman–Crippen LogP) is 7.87.